The van der Waals surface area contributed by atoms with E-state index in [1.54, 1.807) is 6.20 Å². The van der Waals surface area contributed by atoms with Crippen LogP contribution in [0.1, 0.15) is 83.5 Å². The summed E-state index contributed by atoms with van der Waals surface area (Å²) in [5.74, 6) is 0. The van der Waals surface area contributed by atoms with Gasteiger partial charge >= 0.3 is 0 Å². The first-order valence-electron chi connectivity index (χ1n) is 8.02. The van der Waals surface area contributed by atoms with Crippen molar-refractivity contribution < 1.29 is 0 Å². The van der Waals surface area contributed by atoms with Crippen LogP contribution >= 0.6 is 11.6 Å². The third kappa shape index (κ3) is 5.10. The molecule has 0 amide bonds. The number of aromatic nitrogens is 2. The number of nitrogens with zero attached hydrogens (tertiary/aromatic N) is 2. The van der Waals surface area contributed by atoms with Crippen LogP contribution in [0.25, 0.3) is 0 Å². The molecular formula is C16H30ClN3. The van der Waals surface area contributed by atoms with Crippen molar-refractivity contribution in [3.05, 3.63) is 16.9 Å². The van der Waals surface area contributed by atoms with Crippen LogP contribution in [-0.4, -0.2) is 16.8 Å². The molecule has 0 fully saturated rings. The van der Waals surface area contributed by atoms with Gasteiger partial charge in [-0.3, -0.25) is 4.68 Å². The molecule has 1 unspecified atom stereocenters. The zero-order chi connectivity index (χ0) is 15.0. The third-order valence-electron chi connectivity index (χ3n) is 3.80. The number of hydrogen-bond donors (Lipinski definition) is 1. The highest BCUT2D eigenvalue weighted by Gasteiger charge is 2.19. The van der Waals surface area contributed by atoms with Crippen LogP contribution < -0.4 is 5.32 Å². The van der Waals surface area contributed by atoms with Gasteiger partial charge in [-0.25, -0.2) is 0 Å². The van der Waals surface area contributed by atoms with Gasteiger partial charge in [0, 0.05) is 6.04 Å². The van der Waals surface area contributed by atoms with Gasteiger partial charge in [0.25, 0.3) is 0 Å². The summed E-state index contributed by atoms with van der Waals surface area (Å²) >= 11 is 6.32. The van der Waals surface area contributed by atoms with Gasteiger partial charge in [0.15, 0.2) is 0 Å². The van der Waals surface area contributed by atoms with Crippen LogP contribution in [0.5, 0.6) is 0 Å². The Labute approximate surface area is 129 Å². The van der Waals surface area contributed by atoms with Crippen LogP contribution in [0.4, 0.5) is 0 Å². The van der Waals surface area contributed by atoms with Crippen LogP contribution in [0.3, 0.4) is 0 Å². The SMILES string of the molecule is CCCCCCCCC(NC)c1c(Cl)cnn1C(C)C. The van der Waals surface area contributed by atoms with E-state index in [4.69, 9.17) is 11.6 Å². The molecule has 1 atom stereocenters. The lowest BCUT2D eigenvalue weighted by molar-refractivity contribution is 0.432. The molecule has 116 valence electrons. The molecule has 1 heterocycles. The quantitative estimate of drug-likeness (QED) is 0.607. The minimum atomic E-state index is 0.304. The summed E-state index contributed by atoms with van der Waals surface area (Å²) in [5.41, 5.74) is 1.14. The number of halogens is 1. The molecule has 0 bridgehead atoms. The van der Waals surface area contributed by atoms with E-state index in [2.05, 4.69) is 31.2 Å². The van der Waals surface area contributed by atoms with Crippen molar-refractivity contribution in [1.29, 1.82) is 0 Å². The largest absolute Gasteiger partial charge is 0.312 e. The molecule has 0 saturated carbocycles. The van der Waals surface area contributed by atoms with E-state index >= 15 is 0 Å². The fourth-order valence-electron chi connectivity index (χ4n) is 2.63. The molecule has 1 N–H and O–H groups in total. The predicted octanol–water partition coefficient (Wildman–Crippen LogP) is 5.13. The summed E-state index contributed by atoms with van der Waals surface area (Å²) in [7, 11) is 2.01. The molecule has 0 aliphatic heterocycles. The van der Waals surface area contributed by atoms with Crippen molar-refractivity contribution in [3.8, 4) is 0 Å². The highest BCUT2D eigenvalue weighted by molar-refractivity contribution is 6.31. The standard InChI is InChI=1S/C16H30ClN3/c1-5-6-7-8-9-10-11-15(18-4)16-14(17)12-19-20(16)13(2)3/h12-13,15,18H,5-11H2,1-4H3. The summed E-state index contributed by atoms with van der Waals surface area (Å²) in [6.45, 7) is 6.54. The molecule has 4 heteroatoms. The number of unbranched alkanes of at least 4 members (excludes halogenated alkanes) is 5. The highest BCUT2D eigenvalue weighted by Crippen LogP contribution is 2.28. The molecule has 1 aromatic rings. The maximum atomic E-state index is 6.32. The fourth-order valence-corrected chi connectivity index (χ4v) is 2.90. The average Bonchev–Trinajstić information content (AvgIpc) is 2.80. The average molecular weight is 300 g/mol. The van der Waals surface area contributed by atoms with Gasteiger partial charge in [-0.15, -0.1) is 0 Å². The molecule has 1 rings (SSSR count). The monoisotopic (exact) mass is 299 g/mol. The van der Waals surface area contributed by atoms with Gasteiger partial charge < -0.3 is 5.32 Å². The smallest absolute Gasteiger partial charge is 0.0834 e. The zero-order valence-electron chi connectivity index (χ0n) is 13.5. The Bertz CT molecular complexity index is 374. The van der Waals surface area contributed by atoms with Crippen molar-refractivity contribution >= 4 is 11.6 Å². The minimum Gasteiger partial charge on any atom is -0.312 e. The van der Waals surface area contributed by atoms with Crippen LogP contribution in [0, 0.1) is 0 Å². The molecule has 0 radical (unpaired) electrons. The van der Waals surface area contributed by atoms with E-state index in [9.17, 15) is 0 Å². The maximum absolute atomic E-state index is 6.32. The van der Waals surface area contributed by atoms with Gasteiger partial charge in [0.2, 0.25) is 0 Å². The summed E-state index contributed by atoms with van der Waals surface area (Å²) < 4.78 is 2.04. The van der Waals surface area contributed by atoms with Crippen molar-refractivity contribution in [2.45, 2.75) is 77.8 Å². The lowest BCUT2D eigenvalue weighted by Gasteiger charge is -2.20. The Balaban J connectivity index is 2.52. The fraction of sp³-hybridized carbons (Fsp3) is 0.812. The summed E-state index contributed by atoms with van der Waals surface area (Å²) in [6, 6.07) is 0.650. The first kappa shape index (κ1) is 17.5. The Morgan fingerprint density at radius 3 is 2.45 bits per heavy atom. The van der Waals surface area contributed by atoms with E-state index in [-0.39, 0.29) is 0 Å². The molecule has 0 aliphatic carbocycles. The normalized spacial score (nSPS) is 13.1. The molecular weight excluding hydrogens is 270 g/mol. The predicted molar refractivity (Wildman–Crippen MR) is 87.4 cm³/mol. The van der Waals surface area contributed by atoms with Gasteiger partial charge in [0.1, 0.15) is 0 Å². The lowest BCUT2D eigenvalue weighted by Crippen LogP contribution is -2.21. The van der Waals surface area contributed by atoms with E-state index in [0.29, 0.717) is 12.1 Å². The van der Waals surface area contributed by atoms with Crippen molar-refractivity contribution in [3.63, 3.8) is 0 Å². The Kier molecular flexibility index (Phi) is 8.24. The molecule has 1 aromatic heterocycles. The number of hydrogen-bond acceptors (Lipinski definition) is 2. The van der Waals surface area contributed by atoms with Crippen molar-refractivity contribution in [1.82, 2.24) is 15.1 Å². The second kappa shape index (κ2) is 9.41. The molecule has 0 aliphatic rings. The van der Waals surface area contributed by atoms with Crippen LogP contribution in [0.15, 0.2) is 6.20 Å². The maximum Gasteiger partial charge on any atom is 0.0834 e. The van der Waals surface area contributed by atoms with E-state index in [1.807, 2.05) is 11.7 Å². The van der Waals surface area contributed by atoms with Crippen LogP contribution in [0.2, 0.25) is 5.02 Å². The second-order valence-corrected chi connectivity index (χ2v) is 6.22. The van der Waals surface area contributed by atoms with E-state index < -0.39 is 0 Å². The Morgan fingerprint density at radius 1 is 1.20 bits per heavy atom. The second-order valence-electron chi connectivity index (χ2n) is 5.81. The van der Waals surface area contributed by atoms with Crippen molar-refractivity contribution in [2.75, 3.05) is 7.05 Å². The van der Waals surface area contributed by atoms with E-state index in [1.165, 1.54) is 38.5 Å². The summed E-state index contributed by atoms with van der Waals surface area (Å²) in [4.78, 5) is 0. The number of nitrogens with one attached hydrogen (secondary N) is 1. The lowest BCUT2D eigenvalue weighted by atomic mass is 10.0. The molecule has 20 heavy (non-hydrogen) atoms. The van der Waals surface area contributed by atoms with Gasteiger partial charge in [-0.1, -0.05) is 57.0 Å². The van der Waals surface area contributed by atoms with Crippen molar-refractivity contribution in [2.24, 2.45) is 0 Å². The van der Waals surface area contributed by atoms with E-state index in [0.717, 1.165) is 17.1 Å². The minimum absolute atomic E-state index is 0.304. The first-order valence-corrected chi connectivity index (χ1v) is 8.39. The topological polar surface area (TPSA) is 29.9 Å². The molecule has 0 aromatic carbocycles. The van der Waals surface area contributed by atoms with Gasteiger partial charge in [0.05, 0.1) is 23.0 Å². The highest BCUT2D eigenvalue weighted by atomic mass is 35.5. The third-order valence-corrected chi connectivity index (χ3v) is 4.09. The first-order chi connectivity index (χ1) is 9.61. The Morgan fingerprint density at radius 2 is 1.85 bits per heavy atom. The number of rotatable bonds is 10. The summed E-state index contributed by atoms with van der Waals surface area (Å²) in [6.07, 6.45) is 10.8. The zero-order valence-corrected chi connectivity index (χ0v) is 14.2. The summed E-state index contributed by atoms with van der Waals surface area (Å²) in [5, 5.41) is 8.58. The molecule has 0 spiro atoms. The van der Waals surface area contributed by atoms with Crippen LogP contribution in [-0.2, 0) is 0 Å². The molecule has 3 nitrogen and oxygen atoms in total. The van der Waals surface area contributed by atoms with Gasteiger partial charge in [-0.2, -0.15) is 5.10 Å². The Hall–Kier alpha value is -0.540. The van der Waals surface area contributed by atoms with Gasteiger partial charge in [-0.05, 0) is 27.3 Å². The molecule has 0 saturated heterocycles.